The molecule has 1 aliphatic heterocycles. The molecule has 8 heteroatoms. The van der Waals surface area contributed by atoms with Crippen LogP contribution in [-0.2, 0) is 9.47 Å². The predicted octanol–water partition coefficient (Wildman–Crippen LogP) is 3.99. The number of anilines is 1. The lowest BCUT2D eigenvalue weighted by molar-refractivity contribution is 0.0376. The van der Waals surface area contributed by atoms with Crippen LogP contribution in [0, 0.1) is 5.92 Å². The number of ether oxygens (including phenoxy) is 3. The third kappa shape index (κ3) is 11.7. The van der Waals surface area contributed by atoms with Gasteiger partial charge in [-0.1, -0.05) is 0 Å². The zero-order chi connectivity index (χ0) is 21.7. The second kappa shape index (κ2) is 15.7. The first-order chi connectivity index (χ1) is 15.2. The average molecular weight is 561 g/mol. The Balaban J connectivity index is 0.00000363. The summed E-state index contributed by atoms with van der Waals surface area (Å²) in [5.41, 5.74) is 1.00. The highest BCUT2D eigenvalue weighted by Gasteiger charge is 2.20. The molecule has 1 aliphatic carbocycles. The second-order valence-electron chi connectivity index (χ2n) is 8.65. The van der Waals surface area contributed by atoms with E-state index in [1.54, 1.807) is 0 Å². The van der Waals surface area contributed by atoms with E-state index in [0.29, 0.717) is 0 Å². The van der Waals surface area contributed by atoms with Crippen LogP contribution in [0.5, 0.6) is 5.75 Å². The van der Waals surface area contributed by atoms with Gasteiger partial charge in [0.15, 0.2) is 5.96 Å². The molecule has 7 nitrogen and oxygen atoms in total. The number of benzene rings is 1. The third-order valence-electron chi connectivity index (χ3n) is 5.30. The number of hydrogen-bond donors (Lipinski definition) is 2. The van der Waals surface area contributed by atoms with E-state index in [9.17, 15) is 0 Å². The number of aliphatic imine (C=N–C) groups is 1. The lowest BCUT2D eigenvalue weighted by Gasteiger charge is -2.26. The van der Waals surface area contributed by atoms with Gasteiger partial charge in [-0.2, -0.15) is 0 Å². The van der Waals surface area contributed by atoms with Gasteiger partial charge in [0.2, 0.25) is 0 Å². The summed E-state index contributed by atoms with van der Waals surface area (Å²) in [6.07, 6.45) is 4.86. The molecule has 0 unspecified atom stereocenters. The van der Waals surface area contributed by atoms with Crippen molar-refractivity contribution >= 4 is 35.6 Å². The van der Waals surface area contributed by atoms with Crippen LogP contribution < -0.4 is 15.4 Å². The van der Waals surface area contributed by atoms with Crippen molar-refractivity contribution in [2.45, 2.75) is 45.6 Å². The molecule has 1 saturated heterocycles. The van der Waals surface area contributed by atoms with Gasteiger partial charge >= 0.3 is 0 Å². The molecule has 2 fully saturated rings. The lowest BCUT2D eigenvalue weighted by atomic mass is 10.3. The summed E-state index contributed by atoms with van der Waals surface area (Å²) in [4.78, 5) is 7.21. The van der Waals surface area contributed by atoms with Gasteiger partial charge < -0.3 is 24.8 Å². The van der Waals surface area contributed by atoms with E-state index in [0.717, 1.165) is 95.3 Å². The fourth-order valence-electron chi connectivity index (χ4n) is 3.39. The summed E-state index contributed by atoms with van der Waals surface area (Å²) in [7, 11) is 0. The highest BCUT2D eigenvalue weighted by molar-refractivity contribution is 14.0. The van der Waals surface area contributed by atoms with Gasteiger partial charge in [-0.15, -0.1) is 24.0 Å². The molecule has 3 rings (SSSR count). The molecule has 0 amide bonds. The highest BCUT2D eigenvalue weighted by atomic mass is 127. The maximum atomic E-state index is 5.73. The van der Waals surface area contributed by atoms with Crippen molar-refractivity contribution in [2.75, 3.05) is 64.5 Å². The Hall–Kier alpha value is -1.10. The lowest BCUT2D eigenvalue weighted by Crippen LogP contribution is -2.39. The maximum absolute atomic E-state index is 5.73. The van der Waals surface area contributed by atoms with Gasteiger partial charge in [-0.3, -0.25) is 9.89 Å². The third-order valence-corrected chi connectivity index (χ3v) is 5.30. The monoisotopic (exact) mass is 560 g/mol. The van der Waals surface area contributed by atoms with Gasteiger partial charge in [-0.25, -0.2) is 0 Å². The number of rotatable bonds is 13. The number of guanidine groups is 1. The van der Waals surface area contributed by atoms with Crippen molar-refractivity contribution in [3.63, 3.8) is 0 Å². The molecule has 0 bridgehead atoms. The first-order valence-corrected chi connectivity index (χ1v) is 11.9. The topological polar surface area (TPSA) is 67.3 Å². The summed E-state index contributed by atoms with van der Waals surface area (Å²) < 4.78 is 16.9. The highest BCUT2D eigenvalue weighted by Crippen LogP contribution is 2.28. The minimum absolute atomic E-state index is 0. The van der Waals surface area contributed by atoms with E-state index in [1.165, 1.54) is 12.8 Å². The van der Waals surface area contributed by atoms with Crippen molar-refractivity contribution in [1.29, 1.82) is 0 Å². The van der Waals surface area contributed by atoms with Gasteiger partial charge in [0.05, 0.1) is 19.3 Å². The van der Waals surface area contributed by atoms with Crippen LogP contribution in [0.25, 0.3) is 0 Å². The van der Waals surface area contributed by atoms with Crippen LogP contribution >= 0.6 is 24.0 Å². The minimum atomic E-state index is 0. The van der Waals surface area contributed by atoms with Crippen molar-refractivity contribution in [1.82, 2.24) is 10.2 Å². The Morgan fingerprint density at radius 3 is 2.59 bits per heavy atom. The molecule has 0 spiro atoms. The quantitative estimate of drug-likeness (QED) is 0.165. The Labute approximate surface area is 210 Å². The van der Waals surface area contributed by atoms with Crippen molar-refractivity contribution in [2.24, 2.45) is 10.9 Å². The summed E-state index contributed by atoms with van der Waals surface area (Å²) in [6, 6.07) is 8.04. The van der Waals surface area contributed by atoms with E-state index in [-0.39, 0.29) is 30.1 Å². The smallest absolute Gasteiger partial charge is 0.195 e. The number of nitrogens with zero attached hydrogens (tertiary/aromatic N) is 2. The minimum Gasteiger partial charge on any atom is -0.491 e. The van der Waals surface area contributed by atoms with Crippen LogP contribution in [0.4, 0.5) is 5.69 Å². The zero-order valence-electron chi connectivity index (χ0n) is 19.7. The standard InChI is InChI=1S/C24H40N4O3.HI/c1-20(2)31-23-9-7-22(8-10-23)27-24(26-12-4-16-30-19-21-5-6-21)25-11-3-13-28-14-17-29-18-15-28;/h7-10,20-21H,3-6,11-19H2,1-2H3,(H2,25,26,27);1H. The molecule has 1 aromatic rings. The van der Waals surface area contributed by atoms with Crippen LogP contribution in [0.3, 0.4) is 0 Å². The Bertz CT molecular complexity index is 647. The average Bonchev–Trinajstić information content (AvgIpc) is 3.59. The predicted molar refractivity (Wildman–Crippen MR) is 142 cm³/mol. The number of halogens is 1. The van der Waals surface area contributed by atoms with E-state index < -0.39 is 0 Å². The molecule has 2 N–H and O–H groups in total. The van der Waals surface area contributed by atoms with Crippen LogP contribution in [-0.4, -0.2) is 76.1 Å². The molecule has 1 saturated carbocycles. The van der Waals surface area contributed by atoms with Crippen molar-refractivity contribution in [3.8, 4) is 5.75 Å². The van der Waals surface area contributed by atoms with E-state index in [2.05, 4.69) is 15.5 Å². The zero-order valence-corrected chi connectivity index (χ0v) is 22.0. The van der Waals surface area contributed by atoms with Crippen LogP contribution in [0.2, 0.25) is 0 Å². The Morgan fingerprint density at radius 1 is 1.16 bits per heavy atom. The molecule has 0 atom stereocenters. The van der Waals surface area contributed by atoms with Crippen molar-refractivity contribution < 1.29 is 14.2 Å². The molecule has 2 aliphatic rings. The molecule has 1 aromatic carbocycles. The fraction of sp³-hybridized carbons (Fsp3) is 0.708. The number of morpholine rings is 1. The molecular formula is C24H41IN4O3. The second-order valence-corrected chi connectivity index (χ2v) is 8.65. The largest absolute Gasteiger partial charge is 0.491 e. The first kappa shape index (κ1) is 27.1. The molecule has 0 radical (unpaired) electrons. The van der Waals surface area contributed by atoms with Gasteiger partial charge in [0, 0.05) is 45.1 Å². The molecule has 1 heterocycles. The molecule has 0 aromatic heterocycles. The fourth-order valence-corrected chi connectivity index (χ4v) is 3.39. The van der Waals surface area contributed by atoms with Gasteiger partial charge in [0.1, 0.15) is 5.75 Å². The summed E-state index contributed by atoms with van der Waals surface area (Å²) >= 11 is 0. The normalized spacial score (nSPS) is 17.2. The van der Waals surface area contributed by atoms with E-state index in [1.807, 2.05) is 38.1 Å². The van der Waals surface area contributed by atoms with Crippen LogP contribution in [0.1, 0.15) is 39.5 Å². The van der Waals surface area contributed by atoms with Gasteiger partial charge in [-0.05, 0) is 76.3 Å². The van der Waals surface area contributed by atoms with Crippen LogP contribution in [0.15, 0.2) is 29.3 Å². The summed E-state index contributed by atoms with van der Waals surface area (Å²) in [6.45, 7) is 12.2. The van der Waals surface area contributed by atoms with Crippen molar-refractivity contribution in [3.05, 3.63) is 24.3 Å². The first-order valence-electron chi connectivity index (χ1n) is 11.9. The van der Waals surface area contributed by atoms with E-state index >= 15 is 0 Å². The molecular weight excluding hydrogens is 519 g/mol. The van der Waals surface area contributed by atoms with E-state index in [4.69, 9.17) is 19.2 Å². The molecule has 182 valence electrons. The Morgan fingerprint density at radius 2 is 1.91 bits per heavy atom. The number of nitrogens with one attached hydrogen (secondary N) is 2. The van der Waals surface area contributed by atoms with Gasteiger partial charge in [0.25, 0.3) is 0 Å². The molecule has 32 heavy (non-hydrogen) atoms. The summed E-state index contributed by atoms with van der Waals surface area (Å²) in [5, 5.41) is 6.91. The Kier molecular flexibility index (Phi) is 13.3. The summed E-state index contributed by atoms with van der Waals surface area (Å²) in [5.74, 6) is 2.52. The number of hydrogen-bond acceptors (Lipinski definition) is 5. The maximum Gasteiger partial charge on any atom is 0.195 e. The SMILES string of the molecule is CC(C)Oc1ccc(NC(=NCCCOCC2CC2)NCCCN2CCOCC2)cc1.I.